The first-order valence-corrected chi connectivity index (χ1v) is 5.75. The van der Waals surface area contributed by atoms with Crippen LogP contribution in [0, 0.1) is 0 Å². The van der Waals surface area contributed by atoms with Crippen molar-refractivity contribution in [2.45, 2.75) is 19.8 Å². The molecule has 0 radical (unpaired) electrons. The quantitative estimate of drug-likeness (QED) is 0.217. The Morgan fingerprint density at radius 1 is 1.07 bits per heavy atom. The third-order valence-corrected chi connectivity index (χ3v) is 2.98. The number of halogens is 1. The van der Waals surface area contributed by atoms with E-state index in [1.807, 2.05) is 0 Å². The molecule has 15 heavy (non-hydrogen) atoms. The second kappa shape index (κ2) is 8.73. The van der Waals surface area contributed by atoms with Crippen molar-refractivity contribution in [2.24, 2.45) is 0 Å². The Bertz CT molecular complexity index is 152. The van der Waals surface area contributed by atoms with Crippen LogP contribution in [0.1, 0.15) is 19.8 Å². The van der Waals surface area contributed by atoms with E-state index in [9.17, 15) is 0 Å². The molecule has 1 saturated heterocycles. The molecule has 0 bridgehead atoms. The largest absolute Gasteiger partial charge is 1.00 e. The molecule has 0 aromatic rings. The van der Waals surface area contributed by atoms with Crippen LogP contribution in [0.25, 0.3) is 0 Å². The van der Waals surface area contributed by atoms with Crippen LogP contribution in [0.5, 0.6) is 0 Å². The highest BCUT2D eigenvalue weighted by Gasteiger charge is 2.40. The van der Waals surface area contributed by atoms with Gasteiger partial charge in [0.25, 0.3) is 0 Å². The van der Waals surface area contributed by atoms with Crippen molar-refractivity contribution in [2.75, 3.05) is 53.1 Å². The fourth-order valence-corrected chi connectivity index (χ4v) is 1.70. The summed E-state index contributed by atoms with van der Waals surface area (Å²) >= 11 is 0. The maximum absolute atomic E-state index is 5.49. The van der Waals surface area contributed by atoms with Crippen molar-refractivity contribution >= 4 is 0 Å². The fourth-order valence-electron chi connectivity index (χ4n) is 1.70. The lowest BCUT2D eigenvalue weighted by Crippen LogP contribution is -3.00. The number of rotatable bonds is 9. The van der Waals surface area contributed by atoms with Gasteiger partial charge in [0.15, 0.2) is 0 Å². The van der Waals surface area contributed by atoms with Gasteiger partial charge in [0.2, 0.25) is 0 Å². The molecule has 0 spiro atoms. The molecule has 0 saturated carbocycles. The minimum absolute atomic E-state index is 0. The summed E-state index contributed by atoms with van der Waals surface area (Å²) in [5.74, 6) is 0. The van der Waals surface area contributed by atoms with E-state index in [0.29, 0.717) is 0 Å². The molecule has 1 aliphatic heterocycles. The SMILES string of the molecule is CCCC[N+]1(CCOCCOC)CC1.[I-]. The van der Waals surface area contributed by atoms with Crippen molar-refractivity contribution in [1.82, 2.24) is 0 Å². The average Bonchev–Trinajstić information content (AvgIpc) is 2.96. The fraction of sp³-hybridized carbons (Fsp3) is 1.00. The Labute approximate surface area is 111 Å². The van der Waals surface area contributed by atoms with Crippen LogP contribution in [-0.4, -0.2) is 57.6 Å². The van der Waals surface area contributed by atoms with Crippen molar-refractivity contribution in [3.8, 4) is 0 Å². The van der Waals surface area contributed by atoms with E-state index in [-0.39, 0.29) is 24.0 Å². The van der Waals surface area contributed by atoms with Crippen LogP contribution in [0.15, 0.2) is 0 Å². The highest BCUT2D eigenvalue weighted by molar-refractivity contribution is 4.56. The molecule has 0 atom stereocenters. The van der Waals surface area contributed by atoms with Gasteiger partial charge in [0.1, 0.15) is 19.6 Å². The molecule has 0 unspecified atom stereocenters. The van der Waals surface area contributed by atoms with Crippen LogP contribution in [0.2, 0.25) is 0 Å². The van der Waals surface area contributed by atoms with Gasteiger partial charge in [-0.25, -0.2) is 0 Å². The van der Waals surface area contributed by atoms with Crippen molar-refractivity contribution < 1.29 is 37.9 Å². The summed E-state index contributed by atoms with van der Waals surface area (Å²) in [6.45, 7) is 9.90. The topological polar surface area (TPSA) is 18.5 Å². The van der Waals surface area contributed by atoms with E-state index < -0.39 is 0 Å². The summed E-state index contributed by atoms with van der Waals surface area (Å²) in [7, 11) is 1.71. The van der Waals surface area contributed by atoms with Gasteiger partial charge in [-0.05, 0) is 6.42 Å². The van der Waals surface area contributed by atoms with Crippen molar-refractivity contribution in [1.29, 1.82) is 0 Å². The summed E-state index contributed by atoms with van der Waals surface area (Å²) in [5.41, 5.74) is 0. The summed E-state index contributed by atoms with van der Waals surface area (Å²) < 4.78 is 11.7. The van der Waals surface area contributed by atoms with E-state index in [1.165, 1.54) is 43.5 Å². The summed E-state index contributed by atoms with van der Waals surface area (Å²) in [6, 6.07) is 0. The second-order valence-corrected chi connectivity index (χ2v) is 4.19. The Morgan fingerprint density at radius 3 is 2.33 bits per heavy atom. The molecule has 0 aromatic heterocycles. The predicted octanol–water partition coefficient (Wildman–Crippen LogP) is -1.72. The Morgan fingerprint density at radius 2 is 1.80 bits per heavy atom. The molecular weight excluding hydrogens is 305 g/mol. The molecule has 1 rings (SSSR count). The first-order valence-electron chi connectivity index (χ1n) is 5.75. The molecule has 1 aliphatic rings. The van der Waals surface area contributed by atoms with Crippen LogP contribution in [0.3, 0.4) is 0 Å². The minimum Gasteiger partial charge on any atom is -1.00 e. The molecule has 0 aliphatic carbocycles. The van der Waals surface area contributed by atoms with Gasteiger partial charge in [-0.3, -0.25) is 0 Å². The Balaban J connectivity index is 0.00000196. The molecule has 0 N–H and O–H groups in total. The molecule has 1 heterocycles. The van der Waals surface area contributed by atoms with Crippen LogP contribution in [-0.2, 0) is 9.47 Å². The first-order chi connectivity index (χ1) is 6.83. The summed E-state index contributed by atoms with van der Waals surface area (Å²) in [5, 5.41) is 0. The number of ether oxygens (including phenoxy) is 2. The van der Waals surface area contributed by atoms with E-state index in [2.05, 4.69) is 6.92 Å². The molecule has 0 aromatic carbocycles. The standard InChI is InChI=1S/C11H24NO2.HI/c1-3-4-5-12(6-7-12)8-9-14-11-10-13-2;/h3-11H2,1-2H3;1H/q+1;/p-1. The maximum atomic E-state index is 5.49. The van der Waals surface area contributed by atoms with Crippen LogP contribution in [0.4, 0.5) is 0 Å². The second-order valence-electron chi connectivity index (χ2n) is 4.19. The monoisotopic (exact) mass is 329 g/mol. The predicted molar refractivity (Wildman–Crippen MR) is 57.3 cm³/mol. The summed E-state index contributed by atoms with van der Waals surface area (Å²) in [4.78, 5) is 0. The number of methoxy groups -OCH3 is 1. The van der Waals surface area contributed by atoms with Crippen LogP contribution < -0.4 is 24.0 Å². The Kier molecular flexibility index (Phi) is 9.08. The van der Waals surface area contributed by atoms with Crippen molar-refractivity contribution in [3.63, 3.8) is 0 Å². The van der Waals surface area contributed by atoms with Crippen LogP contribution >= 0.6 is 0 Å². The van der Waals surface area contributed by atoms with Gasteiger partial charge in [-0.2, -0.15) is 0 Å². The van der Waals surface area contributed by atoms with Gasteiger partial charge in [0.05, 0.1) is 26.4 Å². The lowest BCUT2D eigenvalue weighted by Gasteiger charge is -2.17. The molecule has 0 amide bonds. The van der Waals surface area contributed by atoms with E-state index in [0.717, 1.165) is 19.8 Å². The van der Waals surface area contributed by atoms with Gasteiger partial charge in [0, 0.05) is 7.11 Å². The summed E-state index contributed by atoms with van der Waals surface area (Å²) in [6.07, 6.45) is 2.67. The first kappa shape index (κ1) is 15.6. The lowest BCUT2D eigenvalue weighted by atomic mass is 10.3. The molecule has 92 valence electrons. The minimum atomic E-state index is 0. The van der Waals surface area contributed by atoms with Gasteiger partial charge < -0.3 is 37.9 Å². The van der Waals surface area contributed by atoms with E-state index >= 15 is 0 Å². The molecule has 4 heteroatoms. The van der Waals surface area contributed by atoms with E-state index in [1.54, 1.807) is 7.11 Å². The molecular formula is C11H24INO2. The maximum Gasteiger partial charge on any atom is 0.129 e. The molecule has 1 fully saturated rings. The number of hydrogen-bond donors (Lipinski definition) is 0. The zero-order valence-electron chi connectivity index (χ0n) is 10.0. The number of nitrogens with zero attached hydrogens (tertiary/aromatic N) is 1. The number of unbranched alkanes of at least 4 members (excludes halogenated alkanes) is 1. The normalized spacial score (nSPS) is 17.2. The van der Waals surface area contributed by atoms with E-state index in [4.69, 9.17) is 9.47 Å². The van der Waals surface area contributed by atoms with Gasteiger partial charge >= 0.3 is 0 Å². The average molecular weight is 329 g/mol. The third kappa shape index (κ3) is 6.71. The number of quaternary nitrogens is 1. The highest BCUT2D eigenvalue weighted by Crippen LogP contribution is 2.21. The highest BCUT2D eigenvalue weighted by atomic mass is 127. The zero-order valence-corrected chi connectivity index (χ0v) is 12.2. The lowest BCUT2D eigenvalue weighted by molar-refractivity contribution is -0.800. The smallest absolute Gasteiger partial charge is 0.129 e. The third-order valence-electron chi connectivity index (χ3n) is 2.98. The van der Waals surface area contributed by atoms with Gasteiger partial charge in [-0.1, -0.05) is 13.3 Å². The zero-order chi connectivity index (χ0) is 10.3. The van der Waals surface area contributed by atoms with Gasteiger partial charge in [-0.15, -0.1) is 0 Å². The number of hydrogen-bond acceptors (Lipinski definition) is 2. The molecule has 3 nitrogen and oxygen atoms in total. The Hall–Kier alpha value is 0.610. The van der Waals surface area contributed by atoms with Crippen molar-refractivity contribution in [3.05, 3.63) is 0 Å².